The predicted octanol–water partition coefficient (Wildman–Crippen LogP) is 1.02. The summed E-state index contributed by atoms with van der Waals surface area (Å²) in [6.45, 7) is 6.76. The van der Waals surface area contributed by atoms with Crippen LogP contribution in [0.25, 0.3) is 0 Å². The molecule has 0 aromatic rings. The lowest BCUT2D eigenvalue weighted by atomic mass is 10.0. The molecular formula is C41H60O21. The highest BCUT2D eigenvalue weighted by Gasteiger charge is 2.52. The number of hydrogen-bond acceptors (Lipinski definition) is 19. The molecule has 0 aromatic carbocycles. The fraction of sp³-hybridized carbons (Fsp3) is 0.805. The van der Waals surface area contributed by atoms with Crippen molar-refractivity contribution in [2.75, 3.05) is 39.6 Å². The lowest BCUT2D eigenvalue weighted by Gasteiger charge is -2.17. The minimum absolute atomic E-state index is 0.00868. The molecule has 0 radical (unpaired) electrons. The van der Waals surface area contributed by atoms with Crippen molar-refractivity contribution in [3.8, 4) is 0 Å². The van der Waals surface area contributed by atoms with Crippen LogP contribution in [0.5, 0.6) is 0 Å². The van der Waals surface area contributed by atoms with Gasteiger partial charge in [0.05, 0.1) is 45.7 Å². The van der Waals surface area contributed by atoms with Crippen molar-refractivity contribution in [1.82, 2.24) is 0 Å². The first kappa shape index (κ1) is 50.5. The Labute approximate surface area is 358 Å². The van der Waals surface area contributed by atoms with Gasteiger partial charge in [-0.25, -0.2) is 0 Å². The number of ketones is 2. The lowest BCUT2D eigenvalue weighted by Crippen LogP contribution is -2.36. The van der Waals surface area contributed by atoms with E-state index in [9.17, 15) is 43.5 Å². The molecule has 0 saturated carbocycles. The zero-order valence-electron chi connectivity index (χ0n) is 35.3. The number of hydrogen-bond donors (Lipinski definition) is 3. The zero-order valence-corrected chi connectivity index (χ0v) is 35.3. The summed E-state index contributed by atoms with van der Waals surface area (Å²) in [4.78, 5) is 89.0. The van der Waals surface area contributed by atoms with Crippen LogP contribution in [0.4, 0.5) is 0 Å². The number of carboxylic acid groups (broad SMARTS) is 2. The van der Waals surface area contributed by atoms with Crippen LogP contribution in [-0.4, -0.2) is 169 Å². The summed E-state index contributed by atoms with van der Waals surface area (Å²) in [6, 6.07) is 0. The SMILES string of the molecule is CC(=O)CCCC(=O)O[C@H]1CO[C@H]2[C@@H]1OC[C@@H]2O.CC(=O)CCCC(=O)O[C@H]1CO[C@H]2[C@@H]1OC[C@@H]2OC(=O)CCCC(=O)O.C[C@H]1CO[C@H]2[C@@H]1OC[C@@H]2OC(=O)CCCC(=O)O. The molecule has 12 atom stereocenters. The molecule has 0 unspecified atom stereocenters. The van der Waals surface area contributed by atoms with E-state index in [4.69, 9.17) is 57.6 Å². The van der Waals surface area contributed by atoms with Gasteiger partial charge in [-0.1, -0.05) is 6.92 Å². The number of aliphatic hydroxyl groups is 1. The van der Waals surface area contributed by atoms with E-state index in [0.717, 1.165) is 0 Å². The normalized spacial score (nSPS) is 31.2. The van der Waals surface area contributed by atoms with Gasteiger partial charge in [-0.15, -0.1) is 0 Å². The van der Waals surface area contributed by atoms with E-state index in [1.807, 2.05) is 6.92 Å². The molecule has 62 heavy (non-hydrogen) atoms. The van der Waals surface area contributed by atoms with Crippen molar-refractivity contribution in [1.29, 1.82) is 0 Å². The number of aliphatic carboxylic acids is 2. The van der Waals surface area contributed by atoms with E-state index in [1.54, 1.807) is 0 Å². The molecule has 0 amide bonds. The number of carbonyl (C=O) groups is 8. The van der Waals surface area contributed by atoms with E-state index >= 15 is 0 Å². The largest absolute Gasteiger partial charge is 0.481 e. The fourth-order valence-corrected chi connectivity index (χ4v) is 7.57. The average Bonchev–Trinajstić information content (AvgIpc) is 4.05. The molecule has 6 heterocycles. The molecule has 0 aliphatic carbocycles. The maximum atomic E-state index is 11.8. The van der Waals surface area contributed by atoms with Crippen LogP contribution in [0.1, 0.15) is 97.8 Å². The Bertz CT molecular complexity index is 1440. The quantitative estimate of drug-likeness (QED) is 0.114. The van der Waals surface area contributed by atoms with Crippen LogP contribution < -0.4 is 0 Å². The van der Waals surface area contributed by atoms with Gasteiger partial charge in [-0.05, 0) is 39.5 Å². The molecule has 6 saturated heterocycles. The molecule has 350 valence electrons. The highest BCUT2D eigenvalue weighted by Crippen LogP contribution is 2.33. The van der Waals surface area contributed by atoms with Crippen molar-refractivity contribution < 1.29 is 101 Å². The van der Waals surface area contributed by atoms with E-state index < -0.39 is 60.5 Å². The summed E-state index contributed by atoms with van der Waals surface area (Å²) in [5.41, 5.74) is 0. The molecule has 6 fully saturated rings. The molecule has 6 rings (SSSR count). The number of rotatable bonds is 20. The molecular weight excluding hydrogens is 828 g/mol. The number of ether oxygens (including phenoxy) is 10. The van der Waals surface area contributed by atoms with Crippen LogP contribution >= 0.6 is 0 Å². The Morgan fingerprint density at radius 3 is 1.08 bits per heavy atom. The van der Waals surface area contributed by atoms with Crippen LogP contribution in [0, 0.1) is 5.92 Å². The molecule has 0 spiro atoms. The number of esters is 4. The first-order valence-electron chi connectivity index (χ1n) is 21.1. The topological polar surface area (TPSA) is 290 Å². The number of carboxylic acids is 2. The van der Waals surface area contributed by atoms with Crippen LogP contribution in [0.2, 0.25) is 0 Å². The molecule has 21 nitrogen and oxygen atoms in total. The van der Waals surface area contributed by atoms with Gasteiger partial charge in [0.25, 0.3) is 0 Å². The van der Waals surface area contributed by atoms with Crippen molar-refractivity contribution in [3.05, 3.63) is 0 Å². The standard InChI is InChI=1S/C17H24O9.2C12H18O6/c1-10(18)4-2-6-14(21)25-11-8-23-17-12(9-24-16(11)17)26-15(22)7-3-5-13(19)20;1-7-5-16-12-8(6-17-11(7)12)18-10(15)4-2-3-9(13)14;1-7(13)3-2-4-10(15)18-9-6-17-11-8(14)5-16-12(9)11/h11-12,16-17H,2-9H2,1H3,(H,19,20);7-8,11-12H,2-6H2,1H3,(H,13,14);8-9,11-12,14H,2-6H2,1H3/t11-,12-,16+,17+;7-,8-,11+,12+;8-,9-,11+,12+/m000/s1. The number of carbonyl (C=O) groups excluding carboxylic acids is 6. The van der Waals surface area contributed by atoms with Crippen molar-refractivity contribution >= 4 is 47.4 Å². The van der Waals surface area contributed by atoms with Crippen LogP contribution in [0.15, 0.2) is 0 Å². The summed E-state index contributed by atoms with van der Waals surface area (Å²) in [5, 5.41) is 26.6. The summed E-state index contributed by atoms with van der Waals surface area (Å²) >= 11 is 0. The van der Waals surface area contributed by atoms with Gasteiger partial charge in [-0.2, -0.15) is 0 Å². The molecule has 6 aliphatic heterocycles. The third-order valence-electron chi connectivity index (χ3n) is 10.7. The average molecular weight is 889 g/mol. The fourth-order valence-electron chi connectivity index (χ4n) is 7.57. The second-order valence-corrected chi connectivity index (χ2v) is 16.1. The van der Waals surface area contributed by atoms with E-state index in [-0.39, 0.29) is 125 Å². The van der Waals surface area contributed by atoms with Gasteiger partial charge < -0.3 is 72.3 Å². The number of Topliss-reactive ketones (excluding diaryl/α,β-unsaturated/α-hetero) is 2. The first-order chi connectivity index (χ1) is 29.5. The summed E-state index contributed by atoms with van der Waals surface area (Å²) in [7, 11) is 0. The van der Waals surface area contributed by atoms with Gasteiger partial charge in [0, 0.05) is 57.3 Å². The summed E-state index contributed by atoms with van der Waals surface area (Å²) in [5.74, 6) is -3.11. The number of fused-ring (bicyclic) bond motifs is 3. The second kappa shape index (κ2) is 25.2. The summed E-state index contributed by atoms with van der Waals surface area (Å²) in [6.07, 6.45) is -1.97. The third kappa shape index (κ3) is 16.2. The summed E-state index contributed by atoms with van der Waals surface area (Å²) < 4.78 is 54.1. The predicted molar refractivity (Wildman–Crippen MR) is 205 cm³/mol. The van der Waals surface area contributed by atoms with E-state index in [0.29, 0.717) is 51.2 Å². The second-order valence-electron chi connectivity index (χ2n) is 16.1. The first-order valence-corrected chi connectivity index (χ1v) is 21.1. The zero-order chi connectivity index (χ0) is 45.3. The van der Waals surface area contributed by atoms with Crippen LogP contribution in [0.3, 0.4) is 0 Å². The van der Waals surface area contributed by atoms with E-state index in [1.165, 1.54) is 13.8 Å². The van der Waals surface area contributed by atoms with Crippen molar-refractivity contribution in [2.24, 2.45) is 5.92 Å². The Morgan fingerprint density at radius 1 is 0.419 bits per heavy atom. The van der Waals surface area contributed by atoms with E-state index in [2.05, 4.69) is 0 Å². The minimum atomic E-state index is -0.964. The van der Waals surface area contributed by atoms with Gasteiger partial charge in [-0.3, -0.25) is 28.8 Å². The minimum Gasteiger partial charge on any atom is -0.481 e. The smallest absolute Gasteiger partial charge is 0.306 e. The maximum absolute atomic E-state index is 11.8. The van der Waals surface area contributed by atoms with Gasteiger partial charge in [0.1, 0.15) is 48.2 Å². The lowest BCUT2D eigenvalue weighted by molar-refractivity contribution is -0.156. The molecule has 0 aromatic heterocycles. The Balaban J connectivity index is 0.000000210. The third-order valence-corrected chi connectivity index (χ3v) is 10.7. The van der Waals surface area contributed by atoms with Gasteiger partial charge in [0.2, 0.25) is 0 Å². The van der Waals surface area contributed by atoms with Crippen molar-refractivity contribution in [3.63, 3.8) is 0 Å². The highest BCUT2D eigenvalue weighted by atomic mass is 16.7. The molecule has 3 N–H and O–H groups in total. The molecule has 0 bridgehead atoms. The monoisotopic (exact) mass is 888 g/mol. The van der Waals surface area contributed by atoms with Gasteiger partial charge in [0.15, 0.2) is 24.4 Å². The maximum Gasteiger partial charge on any atom is 0.306 e. The Kier molecular flexibility index (Phi) is 20.6. The van der Waals surface area contributed by atoms with Crippen LogP contribution in [-0.2, 0) is 85.7 Å². The van der Waals surface area contributed by atoms with Gasteiger partial charge >= 0.3 is 35.8 Å². The Hall–Kier alpha value is -4.12. The van der Waals surface area contributed by atoms with Crippen molar-refractivity contribution in [2.45, 2.75) is 165 Å². The Morgan fingerprint density at radius 2 is 0.710 bits per heavy atom. The highest BCUT2D eigenvalue weighted by molar-refractivity contribution is 5.77. The molecule has 6 aliphatic rings. The molecule has 21 heteroatoms. The number of aliphatic hydroxyl groups excluding tert-OH is 1.